The monoisotopic (exact) mass is 444 g/mol. The molecule has 0 radical (unpaired) electrons. The first kappa shape index (κ1) is 25.3. The van der Waals surface area contributed by atoms with Gasteiger partial charge in [0, 0.05) is 29.9 Å². The Balaban J connectivity index is 2.10. The minimum Gasteiger partial charge on any atom is -0.493 e. The van der Waals surface area contributed by atoms with Gasteiger partial charge in [-0.3, -0.25) is 0 Å². The van der Waals surface area contributed by atoms with E-state index < -0.39 is 12.2 Å². The fraction of sp³-hybridized carbons (Fsp3) is 0.520. The molecule has 0 spiro atoms. The van der Waals surface area contributed by atoms with Crippen molar-refractivity contribution in [2.45, 2.75) is 65.2 Å². The zero-order valence-corrected chi connectivity index (χ0v) is 19.5. The van der Waals surface area contributed by atoms with Crippen molar-refractivity contribution >= 4 is 23.0 Å². The molecule has 2 aromatic carbocycles. The number of hydrogen-bond acceptors (Lipinski definition) is 5. The minimum atomic E-state index is -0.538. The predicted molar refractivity (Wildman–Crippen MR) is 127 cm³/mol. The number of unbranched alkanes of at least 4 members (excludes halogenated alkanes) is 6. The molecule has 0 aromatic heterocycles. The summed E-state index contributed by atoms with van der Waals surface area (Å²) in [6.45, 7) is 5.40. The third-order valence-electron chi connectivity index (χ3n) is 5.14. The number of carbonyl (C=O) groups excluding carboxylic acids is 2. The van der Waals surface area contributed by atoms with Crippen LogP contribution in [0.15, 0.2) is 30.3 Å². The van der Waals surface area contributed by atoms with Crippen molar-refractivity contribution in [2.24, 2.45) is 0 Å². The molecule has 2 rings (SSSR count). The lowest BCUT2D eigenvalue weighted by atomic mass is 10.1. The van der Waals surface area contributed by atoms with Crippen molar-refractivity contribution in [2.75, 3.05) is 20.2 Å². The number of rotatable bonds is 13. The molecule has 0 aliphatic carbocycles. The molecule has 2 amide bonds. The standard InChI is InChI=1S/C25H36N2O5/c1-4-6-8-12-16-26-24(28)31-21-18-22(30-3)23(20-15-11-10-14-19(20)21)32-25(29)27-17-13-9-7-5-2/h10-11,14-15,18H,4-9,12-13,16-17H2,1-3H3,(H,26,28)(H,27,29). The van der Waals surface area contributed by atoms with Crippen LogP contribution in [0.2, 0.25) is 0 Å². The number of amides is 2. The zero-order valence-electron chi connectivity index (χ0n) is 19.5. The summed E-state index contributed by atoms with van der Waals surface area (Å²) in [7, 11) is 1.48. The van der Waals surface area contributed by atoms with Gasteiger partial charge in [0.2, 0.25) is 0 Å². The maximum Gasteiger partial charge on any atom is 0.412 e. The first-order valence-electron chi connectivity index (χ1n) is 11.6. The third-order valence-corrected chi connectivity index (χ3v) is 5.14. The van der Waals surface area contributed by atoms with Crippen LogP contribution in [0.25, 0.3) is 10.8 Å². The Bertz CT molecular complexity index is 869. The van der Waals surface area contributed by atoms with Crippen LogP contribution in [-0.2, 0) is 0 Å². The van der Waals surface area contributed by atoms with Gasteiger partial charge in [0.25, 0.3) is 0 Å². The second-order valence-corrected chi connectivity index (χ2v) is 7.71. The van der Waals surface area contributed by atoms with Gasteiger partial charge in [0.05, 0.1) is 7.11 Å². The van der Waals surface area contributed by atoms with E-state index in [0.717, 1.165) is 51.4 Å². The van der Waals surface area contributed by atoms with Gasteiger partial charge in [-0.25, -0.2) is 9.59 Å². The maximum atomic E-state index is 12.3. The summed E-state index contributed by atoms with van der Waals surface area (Å²) in [5.41, 5.74) is 0. The van der Waals surface area contributed by atoms with Crippen molar-refractivity contribution in [1.29, 1.82) is 0 Å². The van der Waals surface area contributed by atoms with Crippen molar-refractivity contribution in [1.82, 2.24) is 10.6 Å². The van der Waals surface area contributed by atoms with E-state index in [9.17, 15) is 9.59 Å². The van der Waals surface area contributed by atoms with E-state index in [1.807, 2.05) is 18.2 Å². The number of carbonyl (C=O) groups is 2. The van der Waals surface area contributed by atoms with Crippen LogP contribution in [0.1, 0.15) is 65.2 Å². The highest BCUT2D eigenvalue weighted by Crippen LogP contribution is 2.41. The van der Waals surface area contributed by atoms with Gasteiger partial charge < -0.3 is 24.8 Å². The lowest BCUT2D eigenvalue weighted by molar-refractivity contribution is 0.197. The van der Waals surface area contributed by atoms with Gasteiger partial charge in [-0.15, -0.1) is 0 Å². The first-order chi connectivity index (χ1) is 15.6. The average Bonchev–Trinajstić information content (AvgIpc) is 2.80. The van der Waals surface area contributed by atoms with Crippen molar-refractivity contribution in [3.63, 3.8) is 0 Å². The molecule has 7 heteroatoms. The van der Waals surface area contributed by atoms with E-state index >= 15 is 0 Å². The molecule has 0 unspecified atom stereocenters. The zero-order chi connectivity index (χ0) is 23.2. The van der Waals surface area contributed by atoms with E-state index in [1.165, 1.54) is 7.11 Å². The second-order valence-electron chi connectivity index (χ2n) is 7.71. The van der Waals surface area contributed by atoms with Gasteiger partial charge in [0.1, 0.15) is 5.75 Å². The van der Waals surface area contributed by atoms with E-state index in [1.54, 1.807) is 12.1 Å². The number of benzene rings is 2. The number of methoxy groups -OCH3 is 1. The summed E-state index contributed by atoms with van der Waals surface area (Å²) < 4.78 is 16.6. The fourth-order valence-electron chi connectivity index (χ4n) is 3.38. The van der Waals surface area contributed by atoms with Gasteiger partial charge in [-0.2, -0.15) is 0 Å². The topological polar surface area (TPSA) is 85.9 Å². The highest BCUT2D eigenvalue weighted by molar-refractivity contribution is 5.98. The predicted octanol–water partition coefficient (Wildman–Crippen LogP) is 6.19. The van der Waals surface area contributed by atoms with Crippen molar-refractivity contribution in [3.8, 4) is 17.2 Å². The Kier molecular flexibility index (Phi) is 11.2. The summed E-state index contributed by atoms with van der Waals surface area (Å²) in [4.78, 5) is 24.6. The van der Waals surface area contributed by atoms with Crippen LogP contribution >= 0.6 is 0 Å². The number of nitrogens with one attached hydrogen (secondary N) is 2. The Morgan fingerprint density at radius 1 is 0.750 bits per heavy atom. The lowest BCUT2D eigenvalue weighted by Crippen LogP contribution is -2.28. The number of ether oxygens (including phenoxy) is 3. The van der Waals surface area contributed by atoms with Gasteiger partial charge in [0.15, 0.2) is 11.5 Å². The second kappa shape index (κ2) is 14.2. The smallest absolute Gasteiger partial charge is 0.412 e. The molecule has 0 aliphatic heterocycles. The van der Waals surface area contributed by atoms with Crippen LogP contribution in [0.3, 0.4) is 0 Å². The normalized spacial score (nSPS) is 10.6. The van der Waals surface area contributed by atoms with Gasteiger partial charge >= 0.3 is 12.2 Å². The fourth-order valence-corrected chi connectivity index (χ4v) is 3.38. The molecule has 0 aliphatic rings. The third kappa shape index (κ3) is 7.94. The molecule has 0 fully saturated rings. The molecule has 2 aromatic rings. The molecule has 0 saturated heterocycles. The minimum absolute atomic E-state index is 0.293. The maximum absolute atomic E-state index is 12.3. The Labute approximate surface area is 190 Å². The Morgan fingerprint density at radius 2 is 1.31 bits per heavy atom. The van der Waals surface area contributed by atoms with Crippen LogP contribution < -0.4 is 24.8 Å². The Hall–Kier alpha value is -2.96. The molecule has 0 atom stereocenters. The van der Waals surface area contributed by atoms with Crippen LogP contribution in [0, 0.1) is 0 Å². The SMILES string of the molecule is CCCCCCNC(=O)Oc1cc(OC)c(OC(=O)NCCCCCC)c2ccccc12. The summed E-state index contributed by atoms with van der Waals surface area (Å²) in [6, 6.07) is 8.85. The molecule has 0 bridgehead atoms. The molecular formula is C25H36N2O5. The molecule has 32 heavy (non-hydrogen) atoms. The lowest BCUT2D eigenvalue weighted by Gasteiger charge is -2.16. The summed E-state index contributed by atoms with van der Waals surface area (Å²) in [5, 5.41) is 6.83. The Morgan fingerprint density at radius 3 is 1.88 bits per heavy atom. The molecule has 0 heterocycles. The summed E-state index contributed by atoms with van der Waals surface area (Å²) in [6.07, 6.45) is 7.45. The van der Waals surface area contributed by atoms with Crippen molar-refractivity contribution in [3.05, 3.63) is 30.3 Å². The number of hydrogen-bond donors (Lipinski definition) is 2. The summed E-state index contributed by atoms with van der Waals surface area (Å²) in [5.74, 6) is 0.952. The molecule has 2 N–H and O–H groups in total. The van der Waals surface area contributed by atoms with E-state index in [4.69, 9.17) is 14.2 Å². The average molecular weight is 445 g/mol. The van der Waals surface area contributed by atoms with Crippen LogP contribution in [0.5, 0.6) is 17.2 Å². The van der Waals surface area contributed by atoms with Crippen molar-refractivity contribution < 1.29 is 23.8 Å². The van der Waals surface area contributed by atoms with Crippen LogP contribution in [-0.4, -0.2) is 32.4 Å². The van der Waals surface area contributed by atoms with Gasteiger partial charge in [-0.1, -0.05) is 76.6 Å². The molecule has 0 saturated carbocycles. The molecule has 176 valence electrons. The largest absolute Gasteiger partial charge is 0.493 e. The van der Waals surface area contributed by atoms with Crippen LogP contribution in [0.4, 0.5) is 9.59 Å². The quantitative estimate of drug-likeness (QED) is 0.360. The van der Waals surface area contributed by atoms with E-state index in [0.29, 0.717) is 41.1 Å². The number of fused-ring (bicyclic) bond motifs is 1. The first-order valence-corrected chi connectivity index (χ1v) is 11.6. The summed E-state index contributed by atoms with van der Waals surface area (Å²) >= 11 is 0. The van der Waals surface area contributed by atoms with E-state index in [2.05, 4.69) is 24.5 Å². The highest BCUT2D eigenvalue weighted by Gasteiger charge is 2.19. The molecular weight excluding hydrogens is 408 g/mol. The molecule has 7 nitrogen and oxygen atoms in total. The van der Waals surface area contributed by atoms with Gasteiger partial charge in [-0.05, 0) is 12.8 Å². The van der Waals surface area contributed by atoms with E-state index in [-0.39, 0.29) is 0 Å². The highest BCUT2D eigenvalue weighted by atomic mass is 16.6.